The summed E-state index contributed by atoms with van der Waals surface area (Å²) in [6.45, 7) is 5.91. The highest BCUT2D eigenvalue weighted by Crippen LogP contribution is 2.14. The second kappa shape index (κ2) is 9.29. The molecule has 1 aromatic carbocycles. The minimum atomic E-state index is 0.572. The van der Waals surface area contributed by atoms with Crippen molar-refractivity contribution in [3.8, 4) is 5.75 Å². The van der Waals surface area contributed by atoms with Crippen LogP contribution in [0.5, 0.6) is 5.75 Å². The summed E-state index contributed by atoms with van der Waals surface area (Å²) >= 11 is 2.02. The molecule has 0 aliphatic carbocycles. The van der Waals surface area contributed by atoms with Gasteiger partial charge in [0.25, 0.3) is 0 Å². The summed E-state index contributed by atoms with van der Waals surface area (Å²) in [5, 5.41) is 0. The predicted octanol–water partition coefficient (Wildman–Crippen LogP) is 3.69. The van der Waals surface area contributed by atoms with Crippen molar-refractivity contribution in [3.05, 3.63) is 29.8 Å². The Morgan fingerprint density at radius 3 is 2.83 bits per heavy atom. The first kappa shape index (κ1) is 15.4. The van der Waals surface area contributed by atoms with Crippen molar-refractivity contribution >= 4 is 11.8 Å². The SMILES string of the molecule is CC(C)CCSCCCOc1cccc(CN)c1. The standard InChI is InChI=1S/C15H25NOS/c1-13(2)7-10-18-9-4-8-17-15-6-3-5-14(11-15)12-16/h3,5-6,11,13H,4,7-10,12,16H2,1-2H3. The largest absolute Gasteiger partial charge is 0.494 e. The summed E-state index contributed by atoms with van der Waals surface area (Å²) in [4.78, 5) is 0. The lowest BCUT2D eigenvalue weighted by Gasteiger charge is -2.08. The molecule has 0 saturated heterocycles. The van der Waals surface area contributed by atoms with E-state index >= 15 is 0 Å². The van der Waals surface area contributed by atoms with Crippen molar-refractivity contribution in [1.29, 1.82) is 0 Å². The molecule has 0 aromatic heterocycles. The highest BCUT2D eigenvalue weighted by Gasteiger charge is 1.97. The maximum Gasteiger partial charge on any atom is 0.119 e. The number of thioether (sulfide) groups is 1. The molecule has 0 heterocycles. The minimum Gasteiger partial charge on any atom is -0.494 e. The molecule has 0 spiro atoms. The monoisotopic (exact) mass is 267 g/mol. The van der Waals surface area contributed by atoms with Gasteiger partial charge in [-0.3, -0.25) is 0 Å². The third-order valence-corrected chi connectivity index (χ3v) is 3.78. The number of nitrogens with two attached hydrogens (primary N) is 1. The summed E-state index contributed by atoms with van der Waals surface area (Å²) in [7, 11) is 0. The Morgan fingerprint density at radius 2 is 2.11 bits per heavy atom. The van der Waals surface area contributed by atoms with E-state index < -0.39 is 0 Å². The zero-order chi connectivity index (χ0) is 13.2. The van der Waals surface area contributed by atoms with E-state index in [-0.39, 0.29) is 0 Å². The van der Waals surface area contributed by atoms with E-state index in [1.807, 2.05) is 36.0 Å². The van der Waals surface area contributed by atoms with E-state index in [1.54, 1.807) is 0 Å². The molecule has 2 N–H and O–H groups in total. The van der Waals surface area contributed by atoms with Gasteiger partial charge < -0.3 is 10.5 Å². The molecule has 0 radical (unpaired) electrons. The molecule has 0 amide bonds. The molecule has 0 aliphatic rings. The first-order chi connectivity index (χ1) is 8.72. The molecule has 0 bridgehead atoms. The highest BCUT2D eigenvalue weighted by atomic mass is 32.2. The number of ether oxygens (including phenoxy) is 1. The normalized spacial score (nSPS) is 10.9. The first-order valence-electron chi connectivity index (χ1n) is 6.72. The van der Waals surface area contributed by atoms with Crippen molar-refractivity contribution in [2.24, 2.45) is 11.7 Å². The van der Waals surface area contributed by atoms with Gasteiger partial charge in [0, 0.05) is 6.54 Å². The van der Waals surface area contributed by atoms with Crippen molar-refractivity contribution in [2.75, 3.05) is 18.1 Å². The van der Waals surface area contributed by atoms with Crippen LogP contribution in [0.1, 0.15) is 32.3 Å². The molecule has 1 rings (SSSR count). The smallest absolute Gasteiger partial charge is 0.119 e. The van der Waals surface area contributed by atoms with E-state index in [9.17, 15) is 0 Å². The van der Waals surface area contributed by atoms with Crippen LogP contribution >= 0.6 is 11.8 Å². The van der Waals surface area contributed by atoms with Gasteiger partial charge in [-0.1, -0.05) is 26.0 Å². The second-order valence-corrected chi connectivity index (χ2v) is 6.07. The Morgan fingerprint density at radius 1 is 1.28 bits per heavy atom. The fourth-order valence-electron chi connectivity index (χ4n) is 1.53. The van der Waals surface area contributed by atoms with Crippen LogP contribution in [0, 0.1) is 5.92 Å². The van der Waals surface area contributed by atoms with E-state index in [0.29, 0.717) is 6.54 Å². The fraction of sp³-hybridized carbons (Fsp3) is 0.600. The van der Waals surface area contributed by atoms with Crippen LogP contribution in [0.15, 0.2) is 24.3 Å². The van der Waals surface area contributed by atoms with Gasteiger partial charge in [-0.25, -0.2) is 0 Å². The molecule has 18 heavy (non-hydrogen) atoms. The topological polar surface area (TPSA) is 35.2 Å². The Bertz CT molecular complexity index is 328. The summed E-state index contributed by atoms with van der Waals surface area (Å²) in [6.07, 6.45) is 2.42. The number of benzene rings is 1. The zero-order valence-electron chi connectivity index (χ0n) is 11.5. The maximum absolute atomic E-state index is 5.71. The Labute approximate surface area is 115 Å². The van der Waals surface area contributed by atoms with Gasteiger partial charge in [-0.2, -0.15) is 11.8 Å². The molecular formula is C15H25NOS. The lowest BCUT2D eigenvalue weighted by atomic mass is 10.2. The van der Waals surface area contributed by atoms with Gasteiger partial charge >= 0.3 is 0 Å². The number of hydrogen-bond acceptors (Lipinski definition) is 3. The lowest BCUT2D eigenvalue weighted by Crippen LogP contribution is -2.01. The Kier molecular flexibility index (Phi) is 7.94. The van der Waals surface area contributed by atoms with Crippen LogP contribution in [0.3, 0.4) is 0 Å². The summed E-state index contributed by atoms with van der Waals surface area (Å²) in [6, 6.07) is 8.03. The maximum atomic E-state index is 5.71. The molecule has 1 aromatic rings. The molecule has 102 valence electrons. The average molecular weight is 267 g/mol. The van der Waals surface area contributed by atoms with Crippen LogP contribution in [0.25, 0.3) is 0 Å². The fourth-order valence-corrected chi connectivity index (χ4v) is 2.70. The third kappa shape index (κ3) is 6.92. The summed E-state index contributed by atoms with van der Waals surface area (Å²) < 4.78 is 5.71. The van der Waals surface area contributed by atoms with Crippen LogP contribution in [0.2, 0.25) is 0 Å². The second-order valence-electron chi connectivity index (χ2n) is 4.85. The number of hydrogen-bond donors (Lipinski definition) is 1. The molecule has 0 fully saturated rings. The predicted molar refractivity (Wildman–Crippen MR) is 81.2 cm³/mol. The quantitative estimate of drug-likeness (QED) is 0.693. The summed E-state index contributed by atoms with van der Waals surface area (Å²) in [5.74, 6) is 4.20. The van der Waals surface area contributed by atoms with Gasteiger partial charge in [-0.15, -0.1) is 0 Å². The van der Waals surface area contributed by atoms with Crippen LogP contribution in [-0.2, 0) is 6.54 Å². The Hall–Kier alpha value is -0.670. The van der Waals surface area contributed by atoms with Crippen LogP contribution < -0.4 is 10.5 Å². The molecule has 0 atom stereocenters. The molecule has 0 saturated carbocycles. The molecule has 2 nitrogen and oxygen atoms in total. The molecule has 0 unspecified atom stereocenters. The third-order valence-electron chi connectivity index (χ3n) is 2.68. The van der Waals surface area contributed by atoms with Gasteiger partial charge in [0.2, 0.25) is 0 Å². The number of rotatable bonds is 9. The molecule has 3 heteroatoms. The van der Waals surface area contributed by atoms with E-state index in [1.165, 1.54) is 17.9 Å². The van der Waals surface area contributed by atoms with Crippen LogP contribution in [-0.4, -0.2) is 18.1 Å². The van der Waals surface area contributed by atoms with Crippen LogP contribution in [0.4, 0.5) is 0 Å². The average Bonchev–Trinajstić information content (AvgIpc) is 2.37. The first-order valence-corrected chi connectivity index (χ1v) is 7.87. The Balaban J connectivity index is 2.06. The zero-order valence-corrected chi connectivity index (χ0v) is 12.3. The van der Waals surface area contributed by atoms with Crippen molar-refractivity contribution in [1.82, 2.24) is 0 Å². The molecular weight excluding hydrogens is 242 g/mol. The van der Waals surface area contributed by atoms with Gasteiger partial charge in [0.15, 0.2) is 0 Å². The highest BCUT2D eigenvalue weighted by molar-refractivity contribution is 7.99. The minimum absolute atomic E-state index is 0.572. The van der Waals surface area contributed by atoms with Crippen molar-refractivity contribution in [3.63, 3.8) is 0 Å². The van der Waals surface area contributed by atoms with Gasteiger partial charge in [0.1, 0.15) is 5.75 Å². The van der Waals surface area contributed by atoms with Crippen molar-refractivity contribution < 1.29 is 4.74 Å². The lowest BCUT2D eigenvalue weighted by molar-refractivity contribution is 0.318. The van der Waals surface area contributed by atoms with E-state index in [4.69, 9.17) is 10.5 Å². The van der Waals surface area contributed by atoms with Gasteiger partial charge in [0.05, 0.1) is 6.61 Å². The van der Waals surface area contributed by atoms with E-state index in [2.05, 4.69) is 13.8 Å². The molecule has 0 aliphatic heterocycles. The van der Waals surface area contributed by atoms with Crippen molar-refractivity contribution in [2.45, 2.75) is 33.2 Å². The van der Waals surface area contributed by atoms with Gasteiger partial charge in [-0.05, 0) is 48.0 Å². The van der Waals surface area contributed by atoms with E-state index in [0.717, 1.165) is 30.3 Å². The summed E-state index contributed by atoms with van der Waals surface area (Å²) in [5.41, 5.74) is 6.72.